The lowest BCUT2D eigenvalue weighted by molar-refractivity contribution is -0.141. The van der Waals surface area contributed by atoms with Crippen molar-refractivity contribution in [3.05, 3.63) is 34.4 Å². The van der Waals surface area contributed by atoms with Gasteiger partial charge in [-0.2, -0.15) is 0 Å². The highest BCUT2D eigenvalue weighted by Gasteiger charge is 2.24. The van der Waals surface area contributed by atoms with Crippen molar-refractivity contribution in [1.29, 1.82) is 0 Å². The molecule has 1 aromatic carbocycles. The van der Waals surface area contributed by atoms with Gasteiger partial charge in [0.2, 0.25) is 0 Å². The molecule has 2 atom stereocenters. The van der Waals surface area contributed by atoms with Crippen LogP contribution in [-0.4, -0.2) is 11.1 Å². The van der Waals surface area contributed by atoms with Gasteiger partial charge in [0.15, 0.2) is 0 Å². The van der Waals surface area contributed by atoms with E-state index in [9.17, 15) is 4.79 Å². The van der Waals surface area contributed by atoms with Gasteiger partial charge in [-0.1, -0.05) is 24.6 Å². The van der Waals surface area contributed by atoms with Crippen molar-refractivity contribution in [3.63, 3.8) is 0 Å². The molecule has 0 spiro atoms. The maximum atomic E-state index is 10.9. The Labute approximate surface area is 96.3 Å². The van der Waals surface area contributed by atoms with Crippen molar-refractivity contribution < 1.29 is 9.90 Å². The second kappa shape index (κ2) is 4.66. The van der Waals surface area contributed by atoms with Crippen molar-refractivity contribution >= 4 is 5.97 Å². The van der Waals surface area contributed by atoms with Gasteiger partial charge in [0.25, 0.3) is 0 Å². The van der Waals surface area contributed by atoms with Crippen LogP contribution in [0.3, 0.4) is 0 Å². The Morgan fingerprint density at radius 3 is 2.06 bits per heavy atom. The number of carboxylic acid groups (broad SMARTS) is 1. The summed E-state index contributed by atoms with van der Waals surface area (Å²) < 4.78 is 0. The van der Waals surface area contributed by atoms with E-state index >= 15 is 0 Å². The Morgan fingerprint density at radius 1 is 1.25 bits per heavy atom. The molecule has 3 heteroatoms. The SMILES string of the molecule is Cc1cc(C)c(C(N)C(C)C(=O)O)c(C)c1. The van der Waals surface area contributed by atoms with Gasteiger partial charge in [-0.05, 0) is 37.5 Å². The van der Waals surface area contributed by atoms with E-state index in [1.165, 1.54) is 5.56 Å². The van der Waals surface area contributed by atoms with E-state index in [0.29, 0.717) is 0 Å². The first-order valence-corrected chi connectivity index (χ1v) is 5.40. The topological polar surface area (TPSA) is 63.3 Å². The summed E-state index contributed by atoms with van der Waals surface area (Å²) in [4.78, 5) is 10.9. The molecule has 0 aliphatic heterocycles. The van der Waals surface area contributed by atoms with Gasteiger partial charge in [-0.25, -0.2) is 0 Å². The van der Waals surface area contributed by atoms with Crippen LogP contribution in [0.1, 0.15) is 35.2 Å². The number of aliphatic carboxylic acids is 1. The first-order chi connectivity index (χ1) is 7.34. The first kappa shape index (κ1) is 12.7. The van der Waals surface area contributed by atoms with E-state index in [1.54, 1.807) is 6.92 Å². The molecular weight excluding hydrogens is 202 g/mol. The van der Waals surface area contributed by atoms with E-state index in [2.05, 4.69) is 0 Å². The number of carbonyl (C=O) groups is 1. The van der Waals surface area contributed by atoms with E-state index in [4.69, 9.17) is 10.8 Å². The van der Waals surface area contributed by atoms with Crippen LogP contribution < -0.4 is 5.73 Å². The molecule has 0 bridgehead atoms. The summed E-state index contributed by atoms with van der Waals surface area (Å²) >= 11 is 0. The molecule has 2 unspecified atom stereocenters. The number of benzene rings is 1. The average Bonchev–Trinajstić information content (AvgIpc) is 2.14. The van der Waals surface area contributed by atoms with E-state index in [-0.39, 0.29) is 0 Å². The molecule has 3 N–H and O–H groups in total. The van der Waals surface area contributed by atoms with Crippen LogP contribution in [0.15, 0.2) is 12.1 Å². The molecule has 0 amide bonds. The third kappa shape index (κ3) is 2.42. The Balaban J connectivity index is 3.18. The molecule has 0 heterocycles. The van der Waals surface area contributed by atoms with E-state index < -0.39 is 17.9 Å². The van der Waals surface area contributed by atoms with Crippen LogP contribution in [0.4, 0.5) is 0 Å². The largest absolute Gasteiger partial charge is 0.481 e. The fourth-order valence-corrected chi connectivity index (χ4v) is 2.12. The average molecular weight is 221 g/mol. The lowest BCUT2D eigenvalue weighted by Crippen LogP contribution is -2.27. The Hall–Kier alpha value is -1.35. The number of nitrogens with two attached hydrogens (primary N) is 1. The third-order valence-corrected chi connectivity index (χ3v) is 3.00. The number of carboxylic acids is 1. The number of rotatable bonds is 3. The third-order valence-electron chi connectivity index (χ3n) is 3.00. The van der Waals surface area contributed by atoms with Gasteiger partial charge < -0.3 is 10.8 Å². The molecule has 0 fully saturated rings. The zero-order chi connectivity index (χ0) is 12.5. The smallest absolute Gasteiger partial charge is 0.308 e. The minimum Gasteiger partial charge on any atom is -0.481 e. The summed E-state index contributed by atoms with van der Waals surface area (Å²) in [6.07, 6.45) is 0. The zero-order valence-electron chi connectivity index (χ0n) is 10.2. The van der Waals surface area contributed by atoms with Gasteiger partial charge in [-0.3, -0.25) is 4.79 Å². The zero-order valence-corrected chi connectivity index (χ0v) is 10.2. The summed E-state index contributed by atoms with van der Waals surface area (Å²) in [5.74, 6) is -1.42. The van der Waals surface area contributed by atoms with Crippen LogP contribution in [-0.2, 0) is 4.79 Å². The lowest BCUT2D eigenvalue weighted by Gasteiger charge is -2.21. The van der Waals surface area contributed by atoms with Gasteiger partial charge in [-0.15, -0.1) is 0 Å². The molecule has 1 aromatic rings. The van der Waals surface area contributed by atoms with Crippen molar-refractivity contribution in [2.75, 3.05) is 0 Å². The maximum absolute atomic E-state index is 10.9. The normalized spacial score (nSPS) is 14.6. The molecule has 0 saturated carbocycles. The molecule has 1 rings (SSSR count). The fraction of sp³-hybridized carbons (Fsp3) is 0.462. The minimum absolute atomic E-state index is 0.446. The highest BCUT2D eigenvalue weighted by Crippen LogP contribution is 2.27. The number of hydrogen-bond acceptors (Lipinski definition) is 2. The van der Waals surface area contributed by atoms with E-state index in [0.717, 1.165) is 16.7 Å². The standard InChI is InChI=1S/C13H19NO2/c1-7-5-8(2)11(9(3)6-7)12(14)10(4)13(15)16/h5-6,10,12H,14H2,1-4H3,(H,15,16). The second-order valence-corrected chi connectivity index (χ2v) is 4.47. The highest BCUT2D eigenvalue weighted by molar-refractivity contribution is 5.71. The Morgan fingerprint density at radius 2 is 1.69 bits per heavy atom. The molecule has 3 nitrogen and oxygen atoms in total. The second-order valence-electron chi connectivity index (χ2n) is 4.47. The predicted octanol–water partition coefficient (Wildman–Crippen LogP) is 2.33. The minimum atomic E-state index is -0.855. The summed E-state index contributed by atoms with van der Waals surface area (Å²) in [6, 6.07) is 3.63. The molecule has 88 valence electrons. The van der Waals surface area contributed by atoms with Crippen LogP contribution in [0.5, 0.6) is 0 Å². The molecule has 0 radical (unpaired) electrons. The maximum Gasteiger partial charge on any atom is 0.308 e. The van der Waals surface area contributed by atoms with Crippen molar-refractivity contribution in [2.45, 2.75) is 33.7 Å². The monoisotopic (exact) mass is 221 g/mol. The van der Waals surface area contributed by atoms with Crippen LogP contribution >= 0.6 is 0 Å². The van der Waals surface area contributed by atoms with Crippen molar-refractivity contribution in [2.24, 2.45) is 11.7 Å². The summed E-state index contributed by atoms with van der Waals surface area (Å²) in [6.45, 7) is 7.62. The van der Waals surface area contributed by atoms with Crippen LogP contribution in [0, 0.1) is 26.7 Å². The molecule has 16 heavy (non-hydrogen) atoms. The first-order valence-electron chi connectivity index (χ1n) is 5.40. The summed E-state index contributed by atoms with van der Waals surface area (Å²) in [5, 5.41) is 8.97. The number of hydrogen-bond donors (Lipinski definition) is 2. The number of aryl methyl sites for hydroxylation is 3. The van der Waals surface area contributed by atoms with Crippen molar-refractivity contribution in [1.82, 2.24) is 0 Å². The highest BCUT2D eigenvalue weighted by atomic mass is 16.4. The Bertz CT molecular complexity index is 389. The van der Waals surface area contributed by atoms with Crippen LogP contribution in [0.2, 0.25) is 0 Å². The summed E-state index contributed by atoms with van der Waals surface area (Å²) in [7, 11) is 0. The molecular formula is C13H19NO2. The van der Waals surface area contributed by atoms with Gasteiger partial charge in [0.1, 0.15) is 0 Å². The molecule has 0 saturated heterocycles. The summed E-state index contributed by atoms with van der Waals surface area (Å²) in [5.41, 5.74) is 10.3. The molecule has 0 aliphatic carbocycles. The predicted molar refractivity (Wildman–Crippen MR) is 64.4 cm³/mol. The van der Waals surface area contributed by atoms with Gasteiger partial charge in [0.05, 0.1) is 5.92 Å². The van der Waals surface area contributed by atoms with Crippen molar-refractivity contribution in [3.8, 4) is 0 Å². The van der Waals surface area contributed by atoms with Crippen LogP contribution in [0.25, 0.3) is 0 Å². The lowest BCUT2D eigenvalue weighted by atomic mass is 9.88. The van der Waals surface area contributed by atoms with E-state index in [1.807, 2.05) is 32.9 Å². The van der Waals surface area contributed by atoms with Gasteiger partial charge in [0, 0.05) is 6.04 Å². The molecule has 0 aromatic heterocycles. The van der Waals surface area contributed by atoms with Gasteiger partial charge >= 0.3 is 5.97 Å². The fourth-order valence-electron chi connectivity index (χ4n) is 2.12. The Kier molecular flexibility index (Phi) is 3.70. The quantitative estimate of drug-likeness (QED) is 0.823. The molecule has 0 aliphatic rings.